The Hall–Kier alpha value is 0.708. The molecule has 0 unspecified atom stereocenters. The number of rotatable bonds is 7. The third kappa shape index (κ3) is 4.41. The van der Waals surface area contributed by atoms with Crippen LogP contribution in [0.25, 0.3) is 0 Å². The van der Waals surface area contributed by atoms with Crippen LogP contribution < -0.4 is 0 Å². The molecule has 0 bridgehead atoms. The normalized spacial score (nSPS) is 24.7. The highest BCUT2D eigenvalue weighted by Gasteiger charge is 2.54. The Morgan fingerprint density at radius 2 is 0.864 bits per heavy atom. The maximum atomic E-state index is 6.87. The summed E-state index contributed by atoms with van der Waals surface area (Å²) in [7, 11) is -7.86. The van der Waals surface area contributed by atoms with Gasteiger partial charge in [0.15, 0.2) is 0 Å². The molecular formula is C14H35O4Si4. The predicted molar refractivity (Wildman–Crippen MR) is 101 cm³/mol. The van der Waals surface area contributed by atoms with Gasteiger partial charge in [0.2, 0.25) is 0 Å². The Kier molecular flexibility index (Phi) is 8.21. The molecule has 1 rings (SSSR count). The van der Waals surface area contributed by atoms with Crippen molar-refractivity contribution in [1.82, 2.24) is 0 Å². The molecular weight excluding hydrogens is 344 g/mol. The summed E-state index contributed by atoms with van der Waals surface area (Å²) >= 11 is 0. The molecule has 8 heteroatoms. The topological polar surface area (TPSA) is 36.9 Å². The van der Waals surface area contributed by atoms with Crippen molar-refractivity contribution in [2.24, 2.45) is 0 Å². The van der Waals surface area contributed by atoms with Crippen LogP contribution in [0.1, 0.15) is 48.5 Å². The second-order valence-corrected chi connectivity index (χ2v) is 20.4. The van der Waals surface area contributed by atoms with Gasteiger partial charge < -0.3 is 16.5 Å². The lowest BCUT2D eigenvalue weighted by Crippen LogP contribution is -2.65. The van der Waals surface area contributed by atoms with Crippen molar-refractivity contribution in [3.8, 4) is 0 Å². The molecule has 1 aliphatic heterocycles. The summed E-state index contributed by atoms with van der Waals surface area (Å²) in [5, 5.41) is 0. The lowest BCUT2D eigenvalue weighted by Gasteiger charge is -2.48. The average molecular weight is 380 g/mol. The summed E-state index contributed by atoms with van der Waals surface area (Å²) in [6.45, 7) is 15.5. The maximum Gasteiger partial charge on any atom is 0.365 e. The van der Waals surface area contributed by atoms with Crippen molar-refractivity contribution in [2.75, 3.05) is 0 Å². The van der Waals surface area contributed by atoms with Crippen molar-refractivity contribution in [1.29, 1.82) is 0 Å². The first-order valence-corrected chi connectivity index (χ1v) is 17.3. The fourth-order valence-electron chi connectivity index (χ4n) is 2.94. The zero-order valence-corrected chi connectivity index (χ0v) is 19.6. The van der Waals surface area contributed by atoms with Crippen LogP contribution >= 0.6 is 0 Å². The molecule has 1 fully saturated rings. The Morgan fingerprint density at radius 3 is 1.09 bits per heavy atom. The highest BCUT2D eigenvalue weighted by molar-refractivity contribution is 6.91. The van der Waals surface area contributed by atoms with Crippen LogP contribution in [0.3, 0.4) is 0 Å². The average Bonchev–Trinajstić information content (AvgIpc) is 2.56. The maximum absolute atomic E-state index is 6.87. The monoisotopic (exact) mass is 379 g/mol. The molecule has 0 saturated carbocycles. The fraction of sp³-hybridized carbons (Fsp3) is 1.00. The summed E-state index contributed by atoms with van der Waals surface area (Å²) in [6.07, 6.45) is 0. The minimum absolute atomic E-state index is 0.966. The van der Waals surface area contributed by atoms with E-state index in [0.29, 0.717) is 0 Å². The van der Waals surface area contributed by atoms with E-state index in [1.165, 1.54) is 0 Å². The van der Waals surface area contributed by atoms with Crippen molar-refractivity contribution in [3.63, 3.8) is 0 Å². The molecule has 0 aliphatic carbocycles. The lowest BCUT2D eigenvalue weighted by molar-refractivity contribution is 0.228. The first-order chi connectivity index (χ1) is 10.4. The van der Waals surface area contributed by atoms with Crippen LogP contribution in [0.5, 0.6) is 0 Å². The van der Waals surface area contributed by atoms with Gasteiger partial charge >= 0.3 is 35.0 Å². The van der Waals surface area contributed by atoms with Crippen LogP contribution in [0, 0.1) is 0 Å². The molecule has 0 atom stereocenters. The van der Waals surface area contributed by atoms with Gasteiger partial charge in [-0.15, -0.1) is 0 Å². The molecule has 1 saturated heterocycles. The lowest BCUT2D eigenvalue weighted by atomic mass is 10.9. The van der Waals surface area contributed by atoms with Gasteiger partial charge in [-0.3, -0.25) is 0 Å². The molecule has 0 spiro atoms. The van der Waals surface area contributed by atoms with Gasteiger partial charge in [0.05, 0.1) is 0 Å². The van der Waals surface area contributed by atoms with Crippen molar-refractivity contribution < 1.29 is 16.5 Å². The second kappa shape index (κ2) is 8.70. The second-order valence-electron chi connectivity index (χ2n) is 5.99. The molecule has 0 aromatic carbocycles. The van der Waals surface area contributed by atoms with Gasteiger partial charge in [0.1, 0.15) is 0 Å². The molecule has 0 aromatic rings. The number of hydrogen-bond acceptors (Lipinski definition) is 4. The molecule has 22 heavy (non-hydrogen) atoms. The van der Waals surface area contributed by atoms with Crippen molar-refractivity contribution in [2.45, 2.75) is 90.8 Å². The van der Waals surface area contributed by atoms with E-state index in [0.717, 1.165) is 42.3 Å². The van der Waals surface area contributed by atoms with Crippen LogP contribution in [-0.2, 0) is 16.5 Å². The van der Waals surface area contributed by atoms with Crippen LogP contribution in [0.2, 0.25) is 42.3 Å². The first-order valence-electron chi connectivity index (χ1n) is 9.06. The van der Waals surface area contributed by atoms with Gasteiger partial charge in [0, 0.05) is 0 Å². The molecule has 1 aliphatic rings. The number of hydrogen-bond donors (Lipinski definition) is 0. The minimum atomic E-state index is -2.22. The summed E-state index contributed by atoms with van der Waals surface area (Å²) in [4.78, 5) is 0. The molecule has 1 radical (unpaired) electrons. The Bertz CT molecular complexity index is 305. The van der Waals surface area contributed by atoms with Crippen LogP contribution in [0.15, 0.2) is 0 Å². The van der Waals surface area contributed by atoms with E-state index >= 15 is 0 Å². The van der Waals surface area contributed by atoms with Crippen LogP contribution in [-0.4, -0.2) is 35.0 Å². The fourth-order valence-corrected chi connectivity index (χ4v) is 23.4. The minimum Gasteiger partial charge on any atom is -0.415 e. The van der Waals surface area contributed by atoms with Gasteiger partial charge in [-0.25, -0.2) is 0 Å². The van der Waals surface area contributed by atoms with E-state index in [-0.39, 0.29) is 0 Å². The van der Waals surface area contributed by atoms with E-state index in [2.05, 4.69) is 48.5 Å². The largest absolute Gasteiger partial charge is 0.415 e. The molecule has 4 nitrogen and oxygen atoms in total. The van der Waals surface area contributed by atoms with Gasteiger partial charge in [-0.05, 0) is 42.3 Å². The molecule has 1 heterocycles. The van der Waals surface area contributed by atoms with E-state index in [1.807, 2.05) is 0 Å². The molecule has 131 valence electrons. The highest BCUT2D eigenvalue weighted by Crippen LogP contribution is 2.37. The van der Waals surface area contributed by atoms with E-state index in [9.17, 15) is 0 Å². The van der Waals surface area contributed by atoms with E-state index in [4.69, 9.17) is 16.5 Å². The third-order valence-corrected chi connectivity index (χ3v) is 22.7. The van der Waals surface area contributed by atoms with Gasteiger partial charge in [-0.1, -0.05) is 48.5 Å². The van der Waals surface area contributed by atoms with Crippen LogP contribution in [0.4, 0.5) is 0 Å². The van der Waals surface area contributed by atoms with Gasteiger partial charge in [-0.2, -0.15) is 0 Å². The van der Waals surface area contributed by atoms with Crippen molar-refractivity contribution in [3.05, 3.63) is 0 Å². The summed E-state index contributed by atoms with van der Waals surface area (Å²) in [5.74, 6) is 0. The van der Waals surface area contributed by atoms with E-state index in [1.54, 1.807) is 0 Å². The van der Waals surface area contributed by atoms with Crippen molar-refractivity contribution >= 4 is 35.0 Å². The molecule has 0 N–H and O–H groups in total. The molecule has 0 aromatic heterocycles. The Morgan fingerprint density at radius 1 is 0.545 bits per heavy atom. The summed E-state index contributed by atoms with van der Waals surface area (Å²) < 4.78 is 27.0. The SMILES string of the molecule is CC[Si]1O[Si](CC)(CC)O[Si](CC)(CC)O[Si](CC)(CC)O1. The zero-order valence-electron chi connectivity index (χ0n) is 15.6. The Labute approximate surface area is 142 Å². The quantitative estimate of drug-likeness (QED) is 0.582. The zero-order chi connectivity index (χ0) is 16.9. The highest BCUT2D eigenvalue weighted by atomic mass is 28.5. The summed E-state index contributed by atoms with van der Waals surface area (Å²) in [5.41, 5.74) is 0. The Balaban J connectivity index is 3.25. The predicted octanol–water partition coefficient (Wildman–Crippen LogP) is 5.02. The van der Waals surface area contributed by atoms with E-state index < -0.39 is 35.0 Å². The first kappa shape index (κ1) is 20.8. The third-order valence-electron chi connectivity index (χ3n) is 4.86. The summed E-state index contributed by atoms with van der Waals surface area (Å²) in [6, 6.07) is 6.92. The van der Waals surface area contributed by atoms with Gasteiger partial charge in [0.25, 0.3) is 0 Å². The standard InChI is InChI=1S/C14H35O4Si4/c1-8-19-15-20(9-2,10-3)17-22(13-6,14-7)18-21(11-4,12-5)16-19/h8-14H2,1-7H3. The smallest absolute Gasteiger partial charge is 0.365 e. The molecule has 0 amide bonds.